The number of hydrogen-bond donors (Lipinski definition) is 1. The van der Waals surface area contributed by atoms with E-state index in [2.05, 4.69) is 6.58 Å². The molecule has 0 radical (unpaired) electrons. The van der Waals surface area contributed by atoms with E-state index in [1.54, 1.807) is 11.9 Å². The van der Waals surface area contributed by atoms with Crippen LogP contribution in [0, 0.1) is 5.92 Å². The lowest BCUT2D eigenvalue weighted by Gasteiger charge is -2.27. The van der Waals surface area contributed by atoms with E-state index in [-0.39, 0.29) is 12.6 Å². The SMILES string of the molecule is C=CCCCN(C)C(=O)N(CC(=O)O)CC1CC1. The normalized spacial score (nSPS) is 14.1. The van der Waals surface area contributed by atoms with Crippen LogP contribution in [-0.4, -0.2) is 53.6 Å². The molecule has 0 saturated heterocycles. The van der Waals surface area contributed by atoms with Gasteiger partial charge in [0.05, 0.1) is 0 Å². The number of aliphatic carboxylic acids is 1. The first kappa shape index (κ1) is 14.5. The van der Waals surface area contributed by atoms with E-state index in [0.29, 0.717) is 19.0 Å². The van der Waals surface area contributed by atoms with Crippen LogP contribution >= 0.6 is 0 Å². The van der Waals surface area contributed by atoms with Crippen LogP contribution in [0.25, 0.3) is 0 Å². The fraction of sp³-hybridized carbons (Fsp3) is 0.692. The molecule has 0 bridgehead atoms. The molecule has 0 aromatic carbocycles. The number of unbranched alkanes of at least 4 members (excludes halogenated alkanes) is 1. The van der Waals surface area contributed by atoms with E-state index >= 15 is 0 Å². The number of carboxylic acids is 1. The largest absolute Gasteiger partial charge is 0.480 e. The number of nitrogens with zero attached hydrogens (tertiary/aromatic N) is 2. The second-order valence-corrected chi connectivity index (χ2v) is 4.85. The zero-order chi connectivity index (χ0) is 13.5. The van der Waals surface area contributed by atoms with Crippen LogP contribution < -0.4 is 0 Å². The maximum Gasteiger partial charge on any atom is 0.323 e. The minimum absolute atomic E-state index is 0.187. The van der Waals surface area contributed by atoms with Gasteiger partial charge in [0.25, 0.3) is 0 Å². The quantitative estimate of drug-likeness (QED) is 0.530. The molecule has 0 aliphatic heterocycles. The van der Waals surface area contributed by atoms with Crippen molar-refractivity contribution in [3.63, 3.8) is 0 Å². The molecule has 0 aromatic heterocycles. The molecule has 1 fully saturated rings. The van der Waals surface area contributed by atoms with Gasteiger partial charge in [0.15, 0.2) is 0 Å². The third kappa shape index (κ3) is 5.21. The van der Waals surface area contributed by atoms with Crippen molar-refractivity contribution in [1.29, 1.82) is 0 Å². The van der Waals surface area contributed by atoms with Crippen molar-refractivity contribution < 1.29 is 14.7 Å². The molecular formula is C13H22N2O3. The first-order valence-electron chi connectivity index (χ1n) is 6.37. The highest BCUT2D eigenvalue weighted by Gasteiger charge is 2.29. The molecule has 0 spiro atoms. The van der Waals surface area contributed by atoms with Crippen molar-refractivity contribution in [3.05, 3.63) is 12.7 Å². The zero-order valence-electron chi connectivity index (χ0n) is 11.0. The highest BCUT2D eigenvalue weighted by molar-refractivity contribution is 5.80. The van der Waals surface area contributed by atoms with Crippen LogP contribution in [0.5, 0.6) is 0 Å². The lowest BCUT2D eigenvalue weighted by Crippen LogP contribution is -2.44. The average molecular weight is 254 g/mol. The minimum Gasteiger partial charge on any atom is -0.480 e. The summed E-state index contributed by atoms with van der Waals surface area (Å²) in [4.78, 5) is 25.9. The summed E-state index contributed by atoms with van der Waals surface area (Å²) in [6.07, 6.45) is 5.74. The number of carbonyl (C=O) groups is 2. The van der Waals surface area contributed by atoms with Crippen LogP contribution in [0.15, 0.2) is 12.7 Å². The van der Waals surface area contributed by atoms with E-state index in [1.165, 1.54) is 4.90 Å². The first-order chi connectivity index (χ1) is 8.54. The van der Waals surface area contributed by atoms with Gasteiger partial charge in [0, 0.05) is 20.1 Å². The van der Waals surface area contributed by atoms with Gasteiger partial charge in [-0.05, 0) is 31.6 Å². The topological polar surface area (TPSA) is 60.9 Å². The molecule has 18 heavy (non-hydrogen) atoms. The molecule has 5 nitrogen and oxygen atoms in total. The van der Waals surface area contributed by atoms with E-state index in [4.69, 9.17) is 5.11 Å². The van der Waals surface area contributed by atoms with Crippen molar-refractivity contribution in [1.82, 2.24) is 9.80 Å². The van der Waals surface area contributed by atoms with Crippen LogP contribution in [0.2, 0.25) is 0 Å². The van der Waals surface area contributed by atoms with Crippen molar-refractivity contribution >= 4 is 12.0 Å². The standard InChI is InChI=1S/C13H22N2O3/c1-3-4-5-8-14(2)13(18)15(10-12(16)17)9-11-6-7-11/h3,11H,1,4-10H2,2H3,(H,16,17). The van der Waals surface area contributed by atoms with Crippen LogP contribution in [0.1, 0.15) is 25.7 Å². The van der Waals surface area contributed by atoms with E-state index in [1.807, 2.05) is 6.08 Å². The Labute approximate surface area is 108 Å². The lowest BCUT2D eigenvalue weighted by atomic mass is 10.3. The Balaban J connectivity index is 2.44. The van der Waals surface area contributed by atoms with Gasteiger partial charge in [-0.25, -0.2) is 4.79 Å². The molecule has 1 N–H and O–H groups in total. The number of allylic oxidation sites excluding steroid dienone is 1. The highest BCUT2D eigenvalue weighted by atomic mass is 16.4. The summed E-state index contributed by atoms with van der Waals surface area (Å²) in [6, 6.07) is -0.187. The Morgan fingerprint density at radius 2 is 2.11 bits per heavy atom. The number of rotatable bonds is 8. The number of urea groups is 1. The first-order valence-corrected chi connectivity index (χ1v) is 6.37. The van der Waals surface area contributed by atoms with Gasteiger partial charge in [-0.1, -0.05) is 6.08 Å². The third-order valence-electron chi connectivity index (χ3n) is 3.00. The van der Waals surface area contributed by atoms with E-state index < -0.39 is 5.97 Å². The van der Waals surface area contributed by atoms with Crippen LogP contribution in [-0.2, 0) is 4.79 Å². The van der Waals surface area contributed by atoms with Gasteiger partial charge in [-0.15, -0.1) is 6.58 Å². The summed E-state index contributed by atoms with van der Waals surface area (Å²) in [7, 11) is 1.72. The smallest absolute Gasteiger partial charge is 0.323 e. The molecule has 0 unspecified atom stereocenters. The third-order valence-corrected chi connectivity index (χ3v) is 3.00. The van der Waals surface area contributed by atoms with E-state index in [9.17, 15) is 9.59 Å². The predicted molar refractivity (Wildman–Crippen MR) is 69.4 cm³/mol. The fourth-order valence-electron chi connectivity index (χ4n) is 1.80. The van der Waals surface area contributed by atoms with Gasteiger partial charge in [0.2, 0.25) is 0 Å². The molecular weight excluding hydrogens is 232 g/mol. The maximum absolute atomic E-state index is 12.1. The Hall–Kier alpha value is -1.52. The molecule has 5 heteroatoms. The molecule has 1 aliphatic rings. The second kappa shape index (κ2) is 7.03. The van der Waals surface area contributed by atoms with Crippen molar-refractivity contribution in [2.75, 3.05) is 26.7 Å². The molecule has 2 amide bonds. The lowest BCUT2D eigenvalue weighted by molar-refractivity contribution is -0.137. The Morgan fingerprint density at radius 1 is 1.44 bits per heavy atom. The Bertz CT molecular complexity index is 313. The van der Waals surface area contributed by atoms with Gasteiger partial charge in [-0.3, -0.25) is 4.79 Å². The highest BCUT2D eigenvalue weighted by Crippen LogP contribution is 2.29. The van der Waals surface area contributed by atoms with Crippen molar-refractivity contribution in [2.45, 2.75) is 25.7 Å². The van der Waals surface area contributed by atoms with Crippen molar-refractivity contribution in [2.24, 2.45) is 5.92 Å². The molecule has 1 rings (SSSR count). The van der Waals surface area contributed by atoms with E-state index in [0.717, 1.165) is 25.7 Å². The summed E-state index contributed by atoms with van der Waals surface area (Å²) in [5.74, 6) is -0.460. The van der Waals surface area contributed by atoms with Gasteiger partial charge >= 0.3 is 12.0 Å². The molecule has 102 valence electrons. The maximum atomic E-state index is 12.1. The number of hydrogen-bond acceptors (Lipinski definition) is 2. The minimum atomic E-state index is -0.955. The fourth-order valence-corrected chi connectivity index (χ4v) is 1.80. The number of amides is 2. The van der Waals surface area contributed by atoms with Crippen LogP contribution in [0.3, 0.4) is 0 Å². The Morgan fingerprint density at radius 3 is 2.61 bits per heavy atom. The summed E-state index contributed by atoms with van der Waals surface area (Å²) in [5.41, 5.74) is 0. The van der Waals surface area contributed by atoms with Gasteiger partial charge < -0.3 is 14.9 Å². The Kier molecular flexibility index (Phi) is 5.68. The monoisotopic (exact) mass is 254 g/mol. The summed E-state index contributed by atoms with van der Waals surface area (Å²) >= 11 is 0. The zero-order valence-corrected chi connectivity index (χ0v) is 11.0. The second-order valence-electron chi connectivity index (χ2n) is 4.85. The summed E-state index contributed by atoms with van der Waals surface area (Å²) in [6.45, 7) is 4.62. The summed E-state index contributed by atoms with van der Waals surface area (Å²) in [5, 5.41) is 8.84. The molecule has 1 saturated carbocycles. The van der Waals surface area contributed by atoms with Gasteiger partial charge in [-0.2, -0.15) is 0 Å². The molecule has 0 heterocycles. The van der Waals surface area contributed by atoms with Crippen molar-refractivity contribution in [3.8, 4) is 0 Å². The van der Waals surface area contributed by atoms with Crippen LogP contribution in [0.4, 0.5) is 4.79 Å². The summed E-state index contributed by atoms with van der Waals surface area (Å²) < 4.78 is 0. The van der Waals surface area contributed by atoms with Gasteiger partial charge in [0.1, 0.15) is 6.54 Å². The predicted octanol–water partition coefficient (Wildman–Crippen LogP) is 1.80. The number of carbonyl (C=O) groups excluding carboxylic acids is 1. The number of carboxylic acid groups (broad SMARTS) is 1. The molecule has 1 aliphatic carbocycles. The molecule has 0 atom stereocenters. The molecule has 0 aromatic rings. The average Bonchev–Trinajstić information content (AvgIpc) is 3.10.